The van der Waals surface area contributed by atoms with Gasteiger partial charge in [-0.05, 0) is 106 Å². The maximum atomic E-state index is 13.8. The third-order valence-corrected chi connectivity index (χ3v) is 10.1. The molecule has 0 aliphatic carbocycles. The number of ether oxygens (including phenoxy) is 1. The van der Waals surface area contributed by atoms with Crippen LogP contribution < -0.4 is 4.74 Å². The fourth-order valence-electron chi connectivity index (χ4n) is 7.86. The van der Waals surface area contributed by atoms with Crippen molar-refractivity contribution < 1.29 is 9.53 Å². The zero-order valence-corrected chi connectivity index (χ0v) is 25.4. The minimum Gasteiger partial charge on any atom is -0.494 e. The maximum absolute atomic E-state index is 13.8. The number of likely N-dealkylation sites (N-methyl/N-ethyl adjacent to an activating group) is 1. The van der Waals surface area contributed by atoms with E-state index >= 15 is 0 Å². The van der Waals surface area contributed by atoms with Gasteiger partial charge in [0.05, 0.1) is 18.2 Å². The van der Waals surface area contributed by atoms with E-state index in [1.54, 1.807) is 12.1 Å². The Morgan fingerprint density at radius 3 is 2.56 bits per heavy atom. The summed E-state index contributed by atoms with van der Waals surface area (Å²) < 4.78 is 5.94. The minimum atomic E-state index is -0.0298. The van der Waals surface area contributed by atoms with Crippen LogP contribution in [0.4, 0.5) is 0 Å². The van der Waals surface area contributed by atoms with Crippen molar-refractivity contribution in [1.29, 1.82) is 5.26 Å². The Hall–Kier alpha value is -2.88. The Bertz CT molecular complexity index is 1200. The number of fused-ring (bicyclic) bond motifs is 1. The van der Waals surface area contributed by atoms with Gasteiger partial charge in [0.15, 0.2) is 0 Å². The highest BCUT2D eigenvalue weighted by Crippen LogP contribution is 2.50. The van der Waals surface area contributed by atoms with Crippen LogP contribution >= 0.6 is 0 Å². The summed E-state index contributed by atoms with van der Waals surface area (Å²) in [6.07, 6.45) is 7.66. The largest absolute Gasteiger partial charge is 0.494 e. The van der Waals surface area contributed by atoms with Crippen LogP contribution in [-0.4, -0.2) is 73.0 Å². The van der Waals surface area contributed by atoms with E-state index in [9.17, 15) is 4.79 Å². The number of nitrogens with zero attached hydrogens (tertiary/aromatic N) is 4. The first-order chi connectivity index (χ1) is 20.0. The molecule has 5 rings (SSSR count). The molecule has 3 aliphatic rings. The molecule has 3 aliphatic heterocycles. The molecule has 3 atom stereocenters. The summed E-state index contributed by atoms with van der Waals surface area (Å²) in [4.78, 5) is 21.3. The summed E-state index contributed by atoms with van der Waals surface area (Å²) in [5, 5.41) is 8.99. The zero-order valence-electron chi connectivity index (χ0n) is 25.4. The molecule has 0 aromatic heterocycles. The van der Waals surface area contributed by atoms with Gasteiger partial charge in [-0.1, -0.05) is 38.1 Å². The number of piperidine rings is 2. The molecule has 6 nitrogen and oxygen atoms in total. The molecule has 3 heterocycles. The van der Waals surface area contributed by atoms with Gasteiger partial charge in [0, 0.05) is 43.6 Å². The third-order valence-electron chi connectivity index (χ3n) is 10.1. The first-order valence-electron chi connectivity index (χ1n) is 15.9. The highest BCUT2D eigenvalue weighted by Gasteiger charge is 2.53. The average molecular weight is 557 g/mol. The Morgan fingerprint density at radius 2 is 1.83 bits per heavy atom. The molecule has 220 valence electrons. The van der Waals surface area contributed by atoms with Crippen LogP contribution in [0.25, 0.3) is 0 Å². The first kappa shape index (κ1) is 29.6. The molecular formula is C35H48N4O2. The van der Waals surface area contributed by atoms with Crippen molar-refractivity contribution in [3.63, 3.8) is 0 Å². The van der Waals surface area contributed by atoms with Crippen LogP contribution in [0.5, 0.6) is 5.75 Å². The summed E-state index contributed by atoms with van der Waals surface area (Å²) >= 11 is 0. The standard InChI is InChI=1S/C35H48N4O2/c1-4-27(2)34(40)39-20-8-7-12-33(39)35(26-37(3)25-29-10-5-6-11-32(29)35)30-17-21-38(22-18-30)19-9-23-41-31-15-13-28(24-36)14-16-31/h5-6,10-11,13-16,27,30,33H,4,7-9,12,17-23,25-26H2,1-3H3. The Kier molecular flexibility index (Phi) is 9.68. The van der Waals surface area contributed by atoms with Crippen molar-refractivity contribution in [2.75, 3.05) is 46.4 Å². The van der Waals surface area contributed by atoms with Crippen molar-refractivity contribution >= 4 is 5.91 Å². The molecule has 3 unspecified atom stereocenters. The molecule has 1 amide bonds. The number of hydrogen-bond donors (Lipinski definition) is 0. The molecule has 41 heavy (non-hydrogen) atoms. The summed E-state index contributed by atoms with van der Waals surface area (Å²) in [5.74, 6) is 1.82. The molecule has 6 heteroatoms. The van der Waals surface area contributed by atoms with E-state index in [1.165, 1.54) is 30.4 Å². The predicted molar refractivity (Wildman–Crippen MR) is 164 cm³/mol. The molecule has 2 fully saturated rings. The van der Waals surface area contributed by atoms with Crippen LogP contribution in [0.15, 0.2) is 48.5 Å². The second-order valence-corrected chi connectivity index (χ2v) is 12.7. The van der Waals surface area contributed by atoms with E-state index in [0.29, 0.717) is 24.0 Å². The Morgan fingerprint density at radius 1 is 1.07 bits per heavy atom. The quantitative estimate of drug-likeness (QED) is 0.363. The molecule has 0 spiro atoms. The van der Waals surface area contributed by atoms with E-state index in [1.807, 2.05) is 12.1 Å². The summed E-state index contributed by atoms with van der Waals surface area (Å²) in [7, 11) is 2.28. The van der Waals surface area contributed by atoms with Crippen LogP contribution in [0, 0.1) is 23.2 Å². The number of nitriles is 1. The molecule has 2 saturated heterocycles. The van der Waals surface area contributed by atoms with Crippen LogP contribution in [0.1, 0.15) is 75.5 Å². The lowest BCUT2D eigenvalue weighted by molar-refractivity contribution is -0.143. The van der Waals surface area contributed by atoms with E-state index in [-0.39, 0.29) is 17.4 Å². The summed E-state index contributed by atoms with van der Waals surface area (Å²) in [6.45, 7) is 11.1. The lowest BCUT2D eigenvalue weighted by atomic mass is 9.58. The van der Waals surface area contributed by atoms with Gasteiger partial charge in [-0.2, -0.15) is 5.26 Å². The van der Waals surface area contributed by atoms with Crippen LogP contribution in [-0.2, 0) is 16.8 Å². The number of rotatable bonds is 9. The van der Waals surface area contributed by atoms with Gasteiger partial charge in [0.2, 0.25) is 5.91 Å². The average Bonchev–Trinajstić information content (AvgIpc) is 3.02. The summed E-state index contributed by atoms with van der Waals surface area (Å²) in [5.41, 5.74) is 3.59. The second-order valence-electron chi connectivity index (χ2n) is 12.7. The fraction of sp³-hybridized carbons (Fsp3) is 0.600. The monoisotopic (exact) mass is 556 g/mol. The van der Waals surface area contributed by atoms with E-state index in [2.05, 4.69) is 65.9 Å². The lowest BCUT2D eigenvalue weighted by Gasteiger charge is -2.57. The van der Waals surface area contributed by atoms with Gasteiger partial charge in [0.1, 0.15) is 5.75 Å². The van der Waals surface area contributed by atoms with Gasteiger partial charge >= 0.3 is 0 Å². The predicted octanol–water partition coefficient (Wildman–Crippen LogP) is 5.85. The first-order valence-corrected chi connectivity index (χ1v) is 15.9. The van der Waals surface area contributed by atoms with Gasteiger partial charge in [0.25, 0.3) is 0 Å². The molecule has 2 aromatic carbocycles. The van der Waals surface area contributed by atoms with Crippen LogP contribution in [0.2, 0.25) is 0 Å². The van der Waals surface area contributed by atoms with Gasteiger partial charge in [-0.25, -0.2) is 0 Å². The molecule has 0 saturated carbocycles. The number of likely N-dealkylation sites (tertiary alicyclic amines) is 2. The SMILES string of the molecule is CCC(C)C(=O)N1CCCCC1C1(C2CCN(CCCOc3ccc(C#N)cc3)CC2)CN(C)Cc2ccccc21. The number of amides is 1. The van der Waals surface area contributed by atoms with Crippen LogP contribution in [0.3, 0.4) is 0 Å². The number of benzene rings is 2. The minimum absolute atomic E-state index is 0.0298. The molecule has 0 bridgehead atoms. The van der Waals surface area contributed by atoms with E-state index in [4.69, 9.17) is 10.00 Å². The highest BCUT2D eigenvalue weighted by molar-refractivity contribution is 5.79. The number of carbonyl (C=O) groups is 1. The number of carbonyl (C=O) groups excluding carboxylic acids is 1. The molecule has 0 radical (unpaired) electrons. The van der Waals surface area contributed by atoms with Crippen molar-refractivity contribution in [3.8, 4) is 11.8 Å². The van der Waals surface area contributed by atoms with Crippen molar-refractivity contribution in [3.05, 3.63) is 65.2 Å². The zero-order chi connectivity index (χ0) is 28.8. The summed E-state index contributed by atoms with van der Waals surface area (Å²) in [6, 6.07) is 18.9. The molecule has 2 aromatic rings. The van der Waals surface area contributed by atoms with Crippen molar-refractivity contribution in [2.24, 2.45) is 11.8 Å². The Labute approximate surface area is 247 Å². The van der Waals surface area contributed by atoms with E-state index in [0.717, 1.165) is 70.7 Å². The smallest absolute Gasteiger partial charge is 0.225 e. The number of hydrogen-bond acceptors (Lipinski definition) is 5. The van der Waals surface area contributed by atoms with Crippen molar-refractivity contribution in [2.45, 2.75) is 76.8 Å². The fourth-order valence-corrected chi connectivity index (χ4v) is 7.86. The van der Waals surface area contributed by atoms with Crippen molar-refractivity contribution in [1.82, 2.24) is 14.7 Å². The molecule has 0 N–H and O–H groups in total. The van der Waals surface area contributed by atoms with Gasteiger partial charge in [-0.15, -0.1) is 0 Å². The third kappa shape index (κ3) is 6.32. The Balaban J connectivity index is 1.31. The maximum Gasteiger partial charge on any atom is 0.225 e. The second kappa shape index (κ2) is 13.4. The normalized spacial score (nSPS) is 24.8. The van der Waals surface area contributed by atoms with E-state index < -0.39 is 0 Å². The lowest BCUT2D eigenvalue weighted by Crippen LogP contribution is -2.64. The molecular weight excluding hydrogens is 508 g/mol. The van der Waals surface area contributed by atoms with Gasteiger partial charge in [-0.3, -0.25) is 4.79 Å². The topological polar surface area (TPSA) is 59.8 Å². The highest BCUT2D eigenvalue weighted by atomic mass is 16.5. The van der Waals surface area contributed by atoms with Gasteiger partial charge < -0.3 is 19.4 Å².